The second-order valence-corrected chi connectivity index (χ2v) is 7.96. The molecule has 2 amide bonds. The molecule has 0 heterocycles. The van der Waals surface area contributed by atoms with Crippen LogP contribution in [0.15, 0.2) is 84.9 Å². The number of carbonyl (C=O) groups excluding carboxylic acids is 2. The predicted molar refractivity (Wildman–Crippen MR) is 133 cm³/mol. The second-order valence-electron chi connectivity index (χ2n) is 7.96. The fourth-order valence-electron chi connectivity index (χ4n) is 3.76. The maximum atomic E-state index is 13.4. The summed E-state index contributed by atoms with van der Waals surface area (Å²) < 4.78 is 11.1. The molecule has 0 aromatic heterocycles. The number of hydrogen-bond donors (Lipinski definition) is 1. The van der Waals surface area contributed by atoms with Gasteiger partial charge < -0.3 is 19.7 Å². The van der Waals surface area contributed by atoms with Gasteiger partial charge in [0.2, 0.25) is 11.8 Å². The number of benzene rings is 3. The van der Waals surface area contributed by atoms with Gasteiger partial charge in [-0.05, 0) is 41.8 Å². The molecule has 0 bridgehead atoms. The zero-order valence-electron chi connectivity index (χ0n) is 19.8. The van der Waals surface area contributed by atoms with E-state index in [1.54, 1.807) is 19.1 Å². The molecule has 3 aromatic carbocycles. The first-order valence-corrected chi connectivity index (χ1v) is 11.5. The first kappa shape index (κ1) is 24.8. The normalized spacial score (nSPS) is 11.4. The van der Waals surface area contributed by atoms with Crippen molar-refractivity contribution in [1.82, 2.24) is 10.2 Å². The molecule has 0 spiro atoms. The highest BCUT2D eigenvalue weighted by Gasteiger charge is 2.29. The van der Waals surface area contributed by atoms with Crippen molar-refractivity contribution >= 4 is 11.8 Å². The van der Waals surface area contributed by atoms with E-state index in [0.717, 1.165) is 16.9 Å². The van der Waals surface area contributed by atoms with E-state index in [9.17, 15) is 9.59 Å². The Labute approximate surface area is 201 Å². The maximum Gasteiger partial charge on any atom is 0.242 e. The molecule has 0 aliphatic heterocycles. The van der Waals surface area contributed by atoms with Crippen LogP contribution in [0.5, 0.6) is 11.5 Å². The smallest absolute Gasteiger partial charge is 0.242 e. The molecule has 178 valence electrons. The Morgan fingerprint density at radius 3 is 2.21 bits per heavy atom. The number of nitrogens with one attached hydrogen (secondary N) is 1. The third-order valence-electron chi connectivity index (χ3n) is 5.55. The van der Waals surface area contributed by atoms with E-state index in [1.165, 1.54) is 0 Å². The Morgan fingerprint density at radius 2 is 1.53 bits per heavy atom. The number of methoxy groups -OCH3 is 1. The van der Waals surface area contributed by atoms with Gasteiger partial charge in [-0.25, -0.2) is 0 Å². The Balaban J connectivity index is 1.77. The molecule has 1 atom stereocenters. The van der Waals surface area contributed by atoms with E-state index in [0.29, 0.717) is 31.7 Å². The topological polar surface area (TPSA) is 67.9 Å². The minimum Gasteiger partial charge on any atom is -0.497 e. The summed E-state index contributed by atoms with van der Waals surface area (Å²) in [6, 6.07) is 26.2. The standard InChI is InChI=1S/C28H32N2O4/c1-29-28(32)26(20-22-11-5-3-6-12-22)30(21-23-13-9-16-25(19-23)33-2)27(31)17-10-18-34-24-14-7-4-8-15-24/h3-9,11-16,19,26H,10,17-18,20-21H2,1-2H3,(H,29,32)/t26-/m0/s1. The van der Waals surface area contributed by atoms with Gasteiger partial charge in [0, 0.05) is 26.4 Å². The van der Waals surface area contributed by atoms with Gasteiger partial charge in [-0.1, -0.05) is 60.7 Å². The van der Waals surface area contributed by atoms with E-state index >= 15 is 0 Å². The lowest BCUT2D eigenvalue weighted by molar-refractivity contribution is -0.141. The Kier molecular flexibility index (Phi) is 9.52. The lowest BCUT2D eigenvalue weighted by Gasteiger charge is -2.31. The number of likely N-dealkylation sites (N-methyl/N-ethyl adjacent to an activating group) is 1. The van der Waals surface area contributed by atoms with Gasteiger partial charge in [0.15, 0.2) is 0 Å². The monoisotopic (exact) mass is 460 g/mol. The summed E-state index contributed by atoms with van der Waals surface area (Å²) in [7, 11) is 3.21. The van der Waals surface area contributed by atoms with Crippen LogP contribution < -0.4 is 14.8 Å². The van der Waals surface area contributed by atoms with Crippen LogP contribution in [0.3, 0.4) is 0 Å². The van der Waals surface area contributed by atoms with Crippen LogP contribution in [0.25, 0.3) is 0 Å². The quantitative estimate of drug-likeness (QED) is 0.411. The van der Waals surface area contributed by atoms with Gasteiger partial charge in [0.25, 0.3) is 0 Å². The number of carbonyl (C=O) groups is 2. The van der Waals surface area contributed by atoms with Crippen LogP contribution in [-0.2, 0) is 22.6 Å². The predicted octanol–water partition coefficient (Wildman–Crippen LogP) is 4.24. The number of nitrogens with zero attached hydrogens (tertiary/aromatic N) is 1. The minimum absolute atomic E-state index is 0.0935. The molecule has 0 radical (unpaired) electrons. The van der Waals surface area contributed by atoms with Crippen LogP contribution in [0, 0.1) is 0 Å². The zero-order valence-corrected chi connectivity index (χ0v) is 19.8. The zero-order chi connectivity index (χ0) is 24.2. The number of ether oxygens (including phenoxy) is 2. The summed E-state index contributed by atoms with van der Waals surface area (Å²) in [5.74, 6) is 1.20. The summed E-state index contributed by atoms with van der Waals surface area (Å²) in [6.07, 6.45) is 1.25. The van der Waals surface area contributed by atoms with Crippen LogP contribution in [0.1, 0.15) is 24.0 Å². The molecular weight excluding hydrogens is 428 g/mol. The van der Waals surface area contributed by atoms with E-state index in [-0.39, 0.29) is 18.2 Å². The molecule has 1 N–H and O–H groups in total. The molecule has 6 nitrogen and oxygen atoms in total. The van der Waals surface area contributed by atoms with Crippen molar-refractivity contribution < 1.29 is 19.1 Å². The van der Waals surface area contributed by atoms with E-state index in [4.69, 9.17) is 9.47 Å². The van der Waals surface area contributed by atoms with Crippen LogP contribution in [0.2, 0.25) is 0 Å². The van der Waals surface area contributed by atoms with Crippen molar-refractivity contribution in [3.63, 3.8) is 0 Å². The molecule has 3 rings (SSSR count). The van der Waals surface area contributed by atoms with Crippen LogP contribution in [-0.4, -0.2) is 43.5 Å². The fraction of sp³-hybridized carbons (Fsp3) is 0.286. The minimum atomic E-state index is -0.638. The van der Waals surface area contributed by atoms with Crippen molar-refractivity contribution in [2.24, 2.45) is 0 Å². The summed E-state index contributed by atoms with van der Waals surface area (Å²) in [4.78, 5) is 28.0. The molecule has 6 heteroatoms. The molecule has 0 saturated carbocycles. The second kappa shape index (κ2) is 13.0. The summed E-state index contributed by atoms with van der Waals surface area (Å²) in [5.41, 5.74) is 1.89. The van der Waals surface area contributed by atoms with Crippen LogP contribution in [0.4, 0.5) is 0 Å². The van der Waals surface area contributed by atoms with Crippen molar-refractivity contribution in [2.45, 2.75) is 31.8 Å². The van der Waals surface area contributed by atoms with Gasteiger partial charge in [0.1, 0.15) is 17.5 Å². The van der Waals surface area contributed by atoms with Crippen molar-refractivity contribution in [3.05, 3.63) is 96.1 Å². The highest BCUT2D eigenvalue weighted by molar-refractivity contribution is 5.87. The molecule has 3 aromatic rings. The third kappa shape index (κ3) is 7.37. The van der Waals surface area contributed by atoms with Gasteiger partial charge in [-0.15, -0.1) is 0 Å². The molecule has 0 aliphatic rings. The molecule has 0 unspecified atom stereocenters. The van der Waals surface area contributed by atoms with Crippen molar-refractivity contribution in [2.75, 3.05) is 20.8 Å². The summed E-state index contributed by atoms with van der Waals surface area (Å²) in [5, 5.41) is 2.74. The molecule has 0 fully saturated rings. The molecule has 0 saturated heterocycles. The van der Waals surface area contributed by atoms with Crippen molar-refractivity contribution in [3.8, 4) is 11.5 Å². The molecule has 34 heavy (non-hydrogen) atoms. The Hall–Kier alpha value is -3.80. The third-order valence-corrected chi connectivity index (χ3v) is 5.55. The van der Waals surface area contributed by atoms with E-state index in [1.807, 2.05) is 84.9 Å². The SMILES string of the molecule is CNC(=O)[C@H](Cc1ccccc1)N(Cc1cccc(OC)c1)C(=O)CCCOc1ccccc1. The highest BCUT2D eigenvalue weighted by atomic mass is 16.5. The van der Waals surface area contributed by atoms with Gasteiger partial charge in [-0.3, -0.25) is 9.59 Å². The maximum absolute atomic E-state index is 13.4. The van der Waals surface area contributed by atoms with Gasteiger partial charge in [-0.2, -0.15) is 0 Å². The lowest BCUT2D eigenvalue weighted by atomic mass is 10.0. The van der Waals surface area contributed by atoms with E-state index < -0.39 is 6.04 Å². The highest BCUT2D eigenvalue weighted by Crippen LogP contribution is 2.19. The van der Waals surface area contributed by atoms with Gasteiger partial charge >= 0.3 is 0 Å². The lowest BCUT2D eigenvalue weighted by Crippen LogP contribution is -2.49. The van der Waals surface area contributed by atoms with Crippen LogP contribution >= 0.6 is 0 Å². The Bertz CT molecular complexity index is 1040. The van der Waals surface area contributed by atoms with E-state index in [2.05, 4.69) is 5.32 Å². The van der Waals surface area contributed by atoms with Crippen molar-refractivity contribution in [1.29, 1.82) is 0 Å². The average molecular weight is 461 g/mol. The molecule has 0 aliphatic carbocycles. The Morgan fingerprint density at radius 1 is 0.882 bits per heavy atom. The summed E-state index contributed by atoms with van der Waals surface area (Å²) >= 11 is 0. The number of hydrogen-bond acceptors (Lipinski definition) is 4. The fourth-order valence-corrected chi connectivity index (χ4v) is 3.76. The van der Waals surface area contributed by atoms with Gasteiger partial charge in [0.05, 0.1) is 13.7 Å². The number of rotatable bonds is 12. The summed E-state index contributed by atoms with van der Waals surface area (Å²) in [6.45, 7) is 0.729. The first-order valence-electron chi connectivity index (χ1n) is 11.5. The molecular formula is C28H32N2O4. The average Bonchev–Trinajstić information content (AvgIpc) is 2.89. The number of para-hydroxylation sites is 1. The largest absolute Gasteiger partial charge is 0.497 e. The first-order chi connectivity index (χ1) is 16.6. The number of amides is 2.